The minimum Gasteiger partial charge on any atom is -0.325 e. The van der Waals surface area contributed by atoms with Crippen LogP contribution in [0.3, 0.4) is 0 Å². The molecule has 5 nitrogen and oxygen atoms in total. The lowest BCUT2D eigenvalue weighted by molar-refractivity contribution is -0.142. The van der Waals surface area contributed by atoms with Crippen LogP contribution in [0.4, 0.5) is 5.69 Å². The van der Waals surface area contributed by atoms with Gasteiger partial charge >= 0.3 is 0 Å². The Labute approximate surface area is 186 Å². The summed E-state index contributed by atoms with van der Waals surface area (Å²) in [5.41, 5.74) is 6.26. The second-order valence-corrected chi connectivity index (χ2v) is 8.94. The van der Waals surface area contributed by atoms with Crippen LogP contribution >= 0.6 is 0 Å². The van der Waals surface area contributed by atoms with Crippen LogP contribution in [-0.2, 0) is 14.4 Å². The molecule has 3 aliphatic carbocycles. The lowest BCUT2D eigenvalue weighted by Gasteiger charge is -2.45. The number of carbonyl (C=O) groups is 3. The molecule has 2 atom stereocenters. The van der Waals surface area contributed by atoms with Crippen molar-refractivity contribution in [1.82, 2.24) is 4.90 Å². The summed E-state index contributed by atoms with van der Waals surface area (Å²) in [6.07, 6.45) is 0. The number of benzene rings is 3. The number of likely N-dealkylation sites (tertiary alicyclic amines) is 1. The van der Waals surface area contributed by atoms with Gasteiger partial charge in [0.25, 0.3) is 0 Å². The number of anilines is 1. The number of hydrogen-bond donors (Lipinski definition) is 1. The minimum absolute atomic E-state index is 0.154. The zero-order valence-corrected chi connectivity index (χ0v) is 17.6. The number of imide groups is 1. The van der Waals surface area contributed by atoms with Gasteiger partial charge in [-0.05, 0) is 41.3 Å². The van der Waals surface area contributed by atoms with Crippen LogP contribution < -0.4 is 5.32 Å². The number of aryl methyl sites for hydroxylation is 1. The molecule has 1 N–H and O–H groups in total. The predicted molar refractivity (Wildman–Crippen MR) is 120 cm³/mol. The van der Waals surface area contributed by atoms with E-state index in [2.05, 4.69) is 29.6 Å². The average Bonchev–Trinajstić information content (AvgIpc) is 3.06. The van der Waals surface area contributed by atoms with Gasteiger partial charge in [0.2, 0.25) is 17.7 Å². The maximum absolute atomic E-state index is 13.5. The number of hydrogen-bond acceptors (Lipinski definition) is 3. The Morgan fingerprint density at radius 3 is 1.62 bits per heavy atom. The summed E-state index contributed by atoms with van der Waals surface area (Å²) in [7, 11) is 0. The van der Waals surface area contributed by atoms with Crippen LogP contribution in [0.25, 0.3) is 0 Å². The molecule has 0 saturated carbocycles. The van der Waals surface area contributed by atoms with Gasteiger partial charge in [-0.3, -0.25) is 19.3 Å². The zero-order valence-electron chi connectivity index (χ0n) is 17.6. The van der Waals surface area contributed by atoms with Crippen molar-refractivity contribution in [3.05, 3.63) is 101 Å². The van der Waals surface area contributed by atoms with Gasteiger partial charge < -0.3 is 5.32 Å². The first kappa shape index (κ1) is 19.0. The first-order valence-corrected chi connectivity index (χ1v) is 10.9. The van der Waals surface area contributed by atoms with Gasteiger partial charge in [-0.2, -0.15) is 0 Å². The molecule has 0 spiro atoms. The summed E-state index contributed by atoms with van der Waals surface area (Å²) >= 11 is 0. The van der Waals surface area contributed by atoms with Gasteiger partial charge in [-0.25, -0.2) is 0 Å². The zero-order chi connectivity index (χ0) is 22.0. The molecule has 2 bridgehead atoms. The van der Waals surface area contributed by atoms with Gasteiger partial charge in [0.1, 0.15) is 6.54 Å². The van der Waals surface area contributed by atoms with Gasteiger partial charge in [-0.15, -0.1) is 0 Å². The topological polar surface area (TPSA) is 66.5 Å². The van der Waals surface area contributed by atoms with Gasteiger partial charge in [0.15, 0.2) is 0 Å². The van der Waals surface area contributed by atoms with Crippen LogP contribution in [0.15, 0.2) is 72.8 Å². The second kappa shape index (κ2) is 6.89. The molecule has 3 amide bonds. The largest absolute Gasteiger partial charge is 0.325 e. The molecule has 0 radical (unpaired) electrons. The Balaban J connectivity index is 1.34. The predicted octanol–water partition coefficient (Wildman–Crippen LogP) is 3.83. The molecule has 0 aromatic heterocycles. The van der Waals surface area contributed by atoms with Gasteiger partial charge in [0, 0.05) is 17.5 Å². The van der Waals surface area contributed by atoms with Crippen molar-refractivity contribution in [1.29, 1.82) is 0 Å². The van der Waals surface area contributed by atoms with E-state index in [-0.39, 0.29) is 36.1 Å². The van der Waals surface area contributed by atoms with Crippen LogP contribution in [0.5, 0.6) is 0 Å². The molecule has 158 valence electrons. The van der Waals surface area contributed by atoms with E-state index in [1.807, 2.05) is 55.5 Å². The van der Waals surface area contributed by atoms with E-state index in [1.165, 1.54) is 4.90 Å². The summed E-state index contributed by atoms with van der Waals surface area (Å²) in [5.74, 6) is -2.06. The smallest absolute Gasteiger partial charge is 0.244 e. The molecule has 32 heavy (non-hydrogen) atoms. The monoisotopic (exact) mass is 422 g/mol. The van der Waals surface area contributed by atoms with Crippen LogP contribution in [0, 0.1) is 18.8 Å². The fourth-order valence-electron chi connectivity index (χ4n) is 5.88. The summed E-state index contributed by atoms with van der Waals surface area (Å²) in [4.78, 5) is 40.9. The van der Waals surface area contributed by atoms with Crippen molar-refractivity contribution < 1.29 is 14.4 Å². The molecule has 3 aromatic rings. The van der Waals surface area contributed by atoms with Gasteiger partial charge in [-0.1, -0.05) is 66.2 Å². The highest BCUT2D eigenvalue weighted by Gasteiger charge is 2.61. The standard InChI is InChI=1S/C27H22N2O3/c1-15-10-12-16(13-11-15)28-21(30)14-29-26(31)24-22-17-6-2-3-7-18(17)23(25(24)27(29)32)20-9-5-4-8-19(20)22/h2-13,22-25H,14H2,1H3,(H,28,30)/t22?,23?,24-,25-/m0/s1. The molecule has 5 heteroatoms. The van der Waals surface area contributed by atoms with E-state index in [0.717, 1.165) is 27.8 Å². The lowest BCUT2D eigenvalue weighted by atomic mass is 9.55. The van der Waals surface area contributed by atoms with Crippen molar-refractivity contribution in [2.45, 2.75) is 18.8 Å². The first-order valence-electron chi connectivity index (χ1n) is 10.9. The molecular weight excluding hydrogens is 400 g/mol. The SMILES string of the molecule is Cc1ccc(NC(=O)CN2C(=O)[C@H]3C4c5ccccc5C(c5ccccc54)[C@@H]3C2=O)cc1. The van der Waals surface area contributed by atoms with E-state index in [9.17, 15) is 14.4 Å². The second-order valence-electron chi connectivity index (χ2n) is 8.94. The first-order chi connectivity index (χ1) is 15.5. The average molecular weight is 422 g/mol. The molecule has 4 aliphatic rings. The summed E-state index contributed by atoms with van der Waals surface area (Å²) in [6, 6.07) is 23.7. The van der Waals surface area contributed by atoms with E-state index in [4.69, 9.17) is 0 Å². The summed E-state index contributed by atoms with van der Waals surface area (Å²) in [6.45, 7) is 1.71. The number of rotatable bonds is 3. The quantitative estimate of drug-likeness (QED) is 0.653. The third kappa shape index (κ3) is 2.60. The highest BCUT2D eigenvalue weighted by atomic mass is 16.2. The number of nitrogens with one attached hydrogen (secondary N) is 1. The molecule has 1 fully saturated rings. The molecule has 0 unspecified atom stereocenters. The third-order valence-electron chi connectivity index (χ3n) is 7.18. The van der Waals surface area contributed by atoms with Crippen molar-refractivity contribution in [2.24, 2.45) is 11.8 Å². The lowest BCUT2D eigenvalue weighted by Crippen LogP contribution is -2.41. The maximum atomic E-state index is 13.5. The number of nitrogens with zero attached hydrogens (tertiary/aromatic N) is 1. The summed E-state index contributed by atoms with van der Waals surface area (Å²) < 4.78 is 0. The molecular formula is C27H22N2O3. The fourth-order valence-corrected chi connectivity index (χ4v) is 5.88. The Bertz CT molecular complexity index is 1160. The fraction of sp³-hybridized carbons (Fsp3) is 0.222. The Morgan fingerprint density at radius 2 is 1.19 bits per heavy atom. The van der Waals surface area contributed by atoms with E-state index < -0.39 is 11.8 Å². The highest BCUT2D eigenvalue weighted by molar-refractivity contribution is 6.10. The van der Waals surface area contributed by atoms with Crippen molar-refractivity contribution in [3.63, 3.8) is 0 Å². The van der Waals surface area contributed by atoms with Gasteiger partial charge in [0.05, 0.1) is 11.8 Å². The molecule has 7 rings (SSSR count). The number of amides is 3. The third-order valence-corrected chi connectivity index (χ3v) is 7.18. The maximum Gasteiger partial charge on any atom is 0.244 e. The van der Waals surface area contributed by atoms with E-state index >= 15 is 0 Å². The Morgan fingerprint density at radius 1 is 0.750 bits per heavy atom. The molecule has 1 aliphatic heterocycles. The normalized spacial score (nSPS) is 24.7. The summed E-state index contributed by atoms with van der Waals surface area (Å²) in [5, 5.41) is 2.81. The Kier molecular flexibility index (Phi) is 4.09. The van der Waals surface area contributed by atoms with Crippen molar-refractivity contribution in [2.75, 3.05) is 11.9 Å². The highest BCUT2D eigenvalue weighted by Crippen LogP contribution is 2.60. The van der Waals surface area contributed by atoms with Crippen molar-refractivity contribution >= 4 is 23.4 Å². The van der Waals surface area contributed by atoms with Crippen LogP contribution in [-0.4, -0.2) is 29.2 Å². The van der Waals surface area contributed by atoms with Crippen molar-refractivity contribution in [3.8, 4) is 0 Å². The number of carbonyl (C=O) groups excluding carboxylic acids is 3. The van der Waals surface area contributed by atoms with Crippen LogP contribution in [0.2, 0.25) is 0 Å². The Hall–Kier alpha value is -3.73. The van der Waals surface area contributed by atoms with E-state index in [0.29, 0.717) is 5.69 Å². The molecule has 1 heterocycles. The molecule has 1 saturated heterocycles. The van der Waals surface area contributed by atoms with Crippen LogP contribution in [0.1, 0.15) is 39.7 Å². The molecule has 3 aromatic carbocycles. The van der Waals surface area contributed by atoms with E-state index in [1.54, 1.807) is 0 Å². The minimum atomic E-state index is -0.454.